The van der Waals surface area contributed by atoms with Gasteiger partial charge in [0.25, 0.3) is 0 Å². The molecule has 3 atom stereocenters. The number of nitrogens with one attached hydrogen (secondary N) is 2. The second-order valence-corrected chi connectivity index (χ2v) is 8.87. The molecule has 8 nitrogen and oxygen atoms in total. The lowest BCUT2D eigenvalue weighted by atomic mass is 9.97. The number of carboxylic acids is 1. The first-order valence-electron chi connectivity index (χ1n) is 12.0. The molecule has 1 aliphatic carbocycles. The fourth-order valence-corrected chi connectivity index (χ4v) is 4.42. The quantitative estimate of drug-likeness (QED) is 0.395. The number of hydrogen-bond acceptors (Lipinski definition) is 5. The van der Waals surface area contributed by atoms with Crippen molar-refractivity contribution in [1.29, 1.82) is 0 Å². The molecular weight excluding hydrogens is 448 g/mol. The number of hydrogen-bond donors (Lipinski definition) is 3. The van der Waals surface area contributed by atoms with Gasteiger partial charge in [0.05, 0.1) is 0 Å². The molecule has 1 aliphatic rings. The van der Waals surface area contributed by atoms with E-state index in [2.05, 4.69) is 22.8 Å². The summed E-state index contributed by atoms with van der Waals surface area (Å²) >= 11 is 0. The molecule has 2 aromatic carbocycles. The van der Waals surface area contributed by atoms with Gasteiger partial charge in [-0.25, -0.2) is 9.59 Å². The van der Waals surface area contributed by atoms with E-state index in [4.69, 9.17) is 9.47 Å². The summed E-state index contributed by atoms with van der Waals surface area (Å²) in [6, 6.07) is 14.1. The number of aliphatic carboxylic acids is 1. The number of fused-ring (bicyclic) bond motifs is 3. The minimum atomic E-state index is -1.13. The van der Waals surface area contributed by atoms with Gasteiger partial charge in [0.1, 0.15) is 18.7 Å². The van der Waals surface area contributed by atoms with Crippen LogP contribution in [-0.2, 0) is 19.1 Å². The Balaban J connectivity index is 1.65. The molecule has 0 spiro atoms. The van der Waals surface area contributed by atoms with E-state index < -0.39 is 30.1 Å². The Morgan fingerprint density at radius 3 is 2.14 bits per heavy atom. The van der Waals surface area contributed by atoms with Crippen LogP contribution in [0.2, 0.25) is 0 Å². The van der Waals surface area contributed by atoms with Gasteiger partial charge in [-0.1, -0.05) is 68.8 Å². The summed E-state index contributed by atoms with van der Waals surface area (Å²) in [5.74, 6) is -1.98. The molecule has 3 N–H and O–H groups in total. The molecule has 35 heavy (non-hydrogen) atoms. The summed E-state index contributed by atoms with van der Waals surface area (Å²) in [6.07, 6.45) is 0.621. The van der Waals surface area contributed by atoms with Crippen molar-refractivity contribution >= 4 is 18.0 Å². The van der Waals surface area contributed by atoms with Crippen molar-refractivity contribution in [1.82, 2.24) is 10.6 Å². The predicted molar refractivity (Wildman–Crippen MR) is 132 cm³/mol. The van der Waals surface area contributed by atoms with Crippen LogP contribution in [0, 0.1) is 5.92 Å². The number of carbonyl (C=O) groups excluding carboxylic acids is 2. The SMILES string of the molecule is CC[C@H](C)[C@H](NC(=O)OCC1c2ccccc2-c2ccccc21)C(=O)NC(CCCOC)C(=O)O. The molecule has 2 amide bonds. The van der Waals surface area contributed by atoms with Gasteiger partial charge in [0, 0.05) is 19.6 Å². The zero-order valence-electron chi connectivity index (χ0n) is 20.5. The smallest absolute Gasteiger partial charge is 0.407 e. The Morgan fingerprint density at radius 2 is 1.60 bits per heavy atom. The fraction of sp³-hybridized carbons (Fsp3) is 0.444. The minimum Gasteiger partial charge on any atom is -0.480 e. The van der Waals surface area contributed by atoms with E-state index in [1.165, 1.54) is 7.11 Å². The molecule has 0 saturated heterocycles. The summed E-state index contributed by atoms with van der Waals surface area (Å²) in [7, 11) is 1.53. The van der Waals surface area contributed by atoms with Gasteiger partial charge < -0.3 is 25.2 Å². The summed E-state index contributed by atoms with van der Waals surface area (Å²) in [4.78, 5) is 37.3. The van der Waals surface area contributed by atoms with E-state index in [-0.39, 0.29) is 24.9 Å². The highest BCUT2D eigenvalue weighted by atomic mass is 16.5. The Labute approximate surface area is 206 Å². The Hall–Kier alpha value is -3.39. The van der Waals surface area contributed by atoms with Gasteiger partial charge in [0.15, 0.2) is 0 Å². The number of rotatable bonds is 12. The summed E-state index contributed by atoms with van der Waals surface area (Å²) in [6.45, 7) is 4.25. The number of benzene rings is 2. The zero-order chi connectivity index (χ0) is 25.4. The first-order valence-corrected chi connectivity index (χ1v) is 12.0. The van der Waals surface area contributed by atoms with E-state index in [0.717, 1.165) is 22.3 Å². The van der Waals surface area contributed by atoms with Crippen LogP contribution in [-0.4, -0.2) is 55.5 Å². The maximum atomic E-state index is 12.9. The van der Waals surface area contributed by atoms with Crippen molar-refractivity contribution in [3.8, 4) is 11.1 Å². The Kier molecular flexibility index (Phi) is 9.25. The van der Waals surface area contributed by atoms with E-state index in [9.17, 15) is 19.5 Å². The number of methoxy groups -OCH3 is 1. The van der Waals surface area contributed by atoms with Crippen LogP contribution in [0.15, 0.2) is 48.5 Å². The number of carboxylic acid groups (broad SMARTS) is 1. The van der Waals surface area contributed by atoms with Crippen LogP contribution in [0.1, 0.15) is 50.2 Å². The van der Waals surface area contributed by atoms with Crippen molar-refractivity contribution in [2.45, 2.75) is 51.1 Å². The molecule has 0 heterocycles. The lowest BCUT2D eigenvalue weighted by molar-refractivity contribution is -0.142. The second kappa shape index (κ2) is 12.4. The Morgan fingerprint density at radius 1 is 1.00 bits per heavy atom. The molecule has 1 unspecified atom stereocenters. The second-order valence-electron chi connectivity index (χ2n) is 8.87. The number of amides is 2. The molecule has 0 aliphatic heterocycles. The highest BCUT2D eigenvalue weighted by Gasteiger charge is 2.32. The van der Waals surface area contributed by atoms with Crippen LogP contribution in [0.3, 0.4) is 0 Å². The van der Waals surface area contributed by atoms with Crippen LogP contribution in [0.5, 0.6) is 0 Å². The Bertz CT molecular complexity index is 994. The van der Waals surface area contributed by atoms with E-state index >= 15 is 0 Å². The highest BCUT2D eigenvalue weighted by molar-refractivity contribution is 5.89. The summed E-state index contributed by atoms with van der Waals surface area (Å²) in [5.41, 5.74) is 4.44. The van der Waals surface area contributed by atoms with Crippen molar-refractivity contribution in [3.05, 3.63) is 59.7 Å². The monoisotopic (exact) mass is 482 g/mol. The topological polar surface area (TPSA) is 114 Å². The average molecular weight is 483 g/mol. The van der Waals surface area contributed by atoms with Gasteiger partial charge in [-0.2, -0.15) is 0 Å². The largest absolute Gasteiger partial charge is 0.480 e. The van der Waals surface area contributed by atoms with Crippen LogP contribution < -0.4 is 10.6 Å². The van der Waals surface area contributed by atoms with Gasteiger partial charge in [0.2, 0.25) is 5.91 Å². The number of ether oxygens (including phenoxy) is 2. The number of carbonyl (C=O) groups is 3. The van der Waals surface area contributed by atoms with Crippen molar-refractivity contribution in [2.24, 2.45) is 5.92 Å². The van der Waals surface area contributed by atoms with Gasteiger partial charge in [-0.3, -0.25) is 4.79 Å². The zero-order valence-corrected chi connectivity index (χ0v) is 20.5. The molecule has 188 valence electrons. The first-order chi connectivity index (χ1) is 16.9. The third kappa shape index (κ3) is 6.39. The highest BCUT2D eigenvalue weighted by Crippen LogP contribution is 2.44. The fourth-order valence-electron chi connectivity index (χ4n) is 4.42. The summed E-state index contributed by atoms with van der Waals surface area (Å²) < 4.78 is 10.6. The molecule has 0 fully saturated rings. The van der Waals surface area contributed by atoms with Gasteiger partial charge in [-0.05, 0) is 41.0 Å². The molecule has 0 aromatic heterocycles. The summed E-state index contributed by atoms with van der Waals surface area (Å²) in [5, 5.41) is 14.7. The van der Waals surface area contributed by atoms with Gasteiger partial charge in [-0.15, -0.1) is 0 Å². The predicted octanol–water partition coefficient (Wildman–Crippen LogP) is 3.94. The molecule has 8 heteroatoms. The minimum absolute atomic E-state index is 0.0961. The van der Waals surface area contributed by atoms with Gasteiger partial charge >= 0.3 is 12.1 Å². The van der Waals surface area contributed by atoms with Crippen LogP contribution in [0.4, 0.5) is 4.79 Å². The van der Waals surface area contributed by atoms with Crippen molar-refractivity contribution in [2.75, 3.05) is 20.3 Å². The normalized spacial score (nSPS) is 14.8. The van der Waals surface area contributed by atoms with Crippen molar-refractivity contribution < 1.29 is 29.0 Å². The maximum absolute atomic E-state index is 12.9. The van der Waals surface area contributed by atoms with Crippen LogP contribution in [0.25, 0.3) is 11.1 Å². The maximum Gasteiger partial charge on any atom is 0.407 e. The number of alkyl carbamates (subject to hydrolysis) is 1. The van der Waals surface area contributed by atoms with Crippen molar-refractivity contribution in [3.63, 3.8) is 0 Å². The van der Waals surface area contributed by atoms with E-state index in [1.54, 1.807) is 0 Å². The molecule has 3 rings (SSSR count). The molecular formula is C27H34N2O6. The first kappa shape index (κ1) is 26.2. The third-order valence-corrected chi connectivity index (χ3v) is 6.57. The standard InChI is InChI=1S/C27H34N2O6/c1-4-17(2)24(25(30)28-23(26(31)32)14-9-15-34-3)29-27(33)35-16-22-20-12-7-5-10-18(20)19-11-6-8-13-21(19)22/h5-8,10-13,17,22-24H,4,9,14-16H2,1-3H3,(H,28,30)(H,29,33)(H,31,32)/t17-,23?,24-/m0/s1. The lowest BCUT2D eigenvalue weighted by Gasteiger charge is -2.25. The molecule has 0 saturated carbocycles. The molecule has 0 bridgehead atoms. The average Bonchev–Trinajstić information content (AvgIpc) is 3.18. The van der Waals surface area contributed by atoms with E-state index in [1.807, 2.05) is 50.2 Å². The molecule has 0 radical (unpaired) electrons. The lowest BCUT2D eigenvalue weighted by Crippen LogP contribution is -2.54. The van der Waals surface area contributed by atoms with Crippen LogP contribution >= 0.6 is 0 Å². The van der Waals surface area contributed by atoms with E-state index in [0.29, 0.717) is 19.4 Å². The molecule has 2 aromatic rings. The third-order valence-electron chi connectivity index (χ3n) is 6.57.